The van der Waals surface area contributed by atoms with Gasteiger partial charge in [-0.2, -0.15) is 0 Å². The Morgan fingerprint density at radius 3 is 1.78 bits per heavy atom. The van der Waals surface area contributed by atoms with Crippen LogP contribution < -0.4 is 31.9 Å². The van der Waals surface area contributed by atoms with E-state index in [-0.39, 0.29) is 36.5 Å². The standard InChI is InChI=1S/C48H72N8O8/c1-33(2)28-38(52-42(58)39(29-34-14-8-6-9-15-34)53-43(59)40(54-45(61)62)30-35-16-10-7-11-17-35)41(57)51-37(18-12-13-21-50-46(63)64-47(3,4)5)44(60)56-24-19-48(20-25-56)31-36(32-48)55-26-22-49-23-27-55/h6-11,14-17,33,36-40,49,54H,12-13,18-32H2,1-5H3,(H,50,63)(H,51,57)(H,52,58)(H,53,59)(H,61,62)/t37-,38-,39-,40-/m1/s1. The third-order valence-electron chi connectivity index (χ3n) is 12.5. The third kappa shape index (κ3) is 15.8. The number of ether oxygens (including phenoxy) is 1. The number of benzene rings is 2. The van der Waals surface area contributed by atoms with Crippen LogP contribution in [-0.4, -0.2) is 132 Å². The molecule has 2 saturated heterocycles. The second-order valence-electron chi connectivity index (χ2n) is 19.3. The fourth-order valence-corrected chi connectivity index (χ4v) is 9.10. The third-order valence-corrected chi connectivity index (χ3v) is 12.5. The molecule has 16 nitrogen and oxygen atoms in total. The minimum absolute atomic E-state index is 0.0351. The molecule has 3 fully saturated rings. The molecule has 5 rings (SSSR count). The summed E-state index contributed by atoms with van der Waals surface area (Å²) in [5.41, 5.74) is 1.07. The zero-order valence-electron chi connectivity index (χ0n) is 38.5. The van der Waals surface area contributed by atoms with Crippen molar-refractivity contribution >= 4 is 35.8 Å². The van der Waals surface area contributed by atoms with Gasteiger partial charge in [-0.05, 0) is 94.6 Å². The first-order valence-corrected chi connectivity index (χ1v) is 23.2. The van der Waals surface area contributed by atoms with E-state index in [2.05, 4.69) is 36.8 Å². The number of likely N-dealkylation sites (tertiary alicyclic amines) is 1. The van der Waals surface area contributed by atoms with Gasteiger partial charge in [-0.3, -0.25) is 24.1 Å². The number of unbranched alkanes of at least 4 members (excludes halogenated alkanes) is 1. The van der Waals surface area contributed by atoms with E-state index in [9.17, 15) is 33.9 Å². The van der Waals surface area contributed by atoms with Crippen LogP contribution in [0.3, 0.4) is 0 Å². The molecular weight excluding hydrogens is 817 g/mol. The highest BCUT2D eigenvalue weighted by Crippen LogP contribution is 2.51. The summed E-state index contributed by atoms with van der Waals surface area (Å²) < 4.78 is 5.36. The zero-order chi connectivity index (χ0) is 46.3. The van der Waals surface area contributed by atoms with Crippen LogP contribution >= 0.6 is 0 Å². The highest BCUT2D eigenvalue weighted by molar-refractivity contribution is 5.95. The van der Waals surface area contributed by atoms with E-state index in [1.165, 1.54) is 0 Å². The van der Waals surface area contributed by atoms with Gasteiger partial charge in [0.15, 0.2) is 0 Å². The lowest BCUT2D eigenvalue weighted by Gasteiger charge is -2.56. The summed E-state index contributed by atoms with van der Waals surface area (Å²) >= 11 is 0. The smallest absolute Gasteiger partial charge is 0.407 e. The van der Waals surface area contributed by atoms with Gasteiger partial charge in [-0.1, -0.05) is 74.5 Å². The number of rotatable bonds is 20. The normalized spacial score (nSPS) is 18.4. The molecule has 64 heavy (non-hydrogen) atoms. The second-order valence-corrected chi connectivity index (χ2v) is 19.3. The topological polar surface area (TPSA) is 211 Å². The summed E-state index contributed by atoms with van der Waals surface area (Å²) in [7, 11) is 0. The Labute approximate surface area is 378 Å². The molecule has 1 saturated carbocycles. The van der Waals surface area contributed by atoms with Gasteiger partial charge in [-0.25, -0.2) is 9.59 Å². The van der Waals surface area contributed by atoms with Crippen molar-refractivity contribution in [2.75, 3.05) is 45.8 Å². The molecule has 6 amide bonds. The maximum atomic E-state index is 14.4. The number of carbonyl (C=O) groups excluding carboxylic acids is 5. The lowest BCUT2D eigenvalue weighted by Crippen LogP contribution is -2.61. The van der Waals surface area contributed by atoms with Crippen molar-refractivity contribution in [3.05, 3.63) is 71.8 Å². The van der Waals surface area contributed by atoms with Crippen LogP contribution in [-0.2, 0) is 36.8 Å². The summed E-state index contributed by atoms with van der Waals surface area (Å²) in [5, 5.41) is 26.8. The molecule has 1 aliphatic carbocycles. The number of hydrogen-bond donors (Lipinski definition) is 7. The van der Waals surface area contributed by atoms with Gasteiger partial charge in [-0.15, -0.1) is 0 Å². The first-order valence-electron chi connectivity index (χ1n) is 23.2. The minimum Gasteiger partial charge on any atom is -0.465 e. The van der Waals surface area contributed by atoms with Crippen molar-refractivity contribution in [3.63, 3.8) is 0 Å². The van der Waals surface area contributed by atoms with Crippen LogP contribution in [0.4, 0.5) is 9.59 Å². The van der Waals surface area contributed by atoms with Crippen LogP contribution in [0.2, 0.25) is 0 Å². The molecule has 0 bridgehead atoms. The van der Waals surface area contributed by atoms with Crippen molar-refractivity contribution in [3.8, 4) is 0 Å². The quantitative estimate of drug-likeness (QED) is 0.0952. The van der Waals surface area contributed by atoms with Crippen LogP contribution in [0.25, 0.3) is 0 Å². The number of nitrogens with zero attached hydrogens (tertiary/aromatic N) is 2. The van der Waals surface area contributed by atoms with Crippen molar-refractivity contribution in [2.24, 2.45) is 11.3 Å². The van der Waals surface area contributed by atoms with E-state index < -0.39 is 59.7 Å². The van der Waals surface area contributed by atoms with Gasteiger partial charge in [0.2, 0.25) is 23.6 Å². The number of amides is 6. The summed E-state index contributed by atoms with van der Waals surface area (Å²) in [4.78, 5) is 85.3. The van der Waals surface area contributed by atoms with E-state index in [0.29, 0.717) is 44.9 Å². The number of carbonyl (C=O) groups is 6. The molecule has 0 aromatic heterocycles. The average molecular weight is 889 g/mol. The van der Waals surface area contributed by atoms with Gasteiger partial charge < -0.3 is 46.6 Å². The fraction of sp³-hybridized carbons (Fsp3) is 0.625. The van der Waals surface area contributed by atoms with Gasteiger partial charge in [0, 0.05) is 64.7 Å². The van der Waals surface area contributed by atoms with Gasteiger partial charge in [0.05, 0.1) is 0 Å². The molecule has 2 heterocycles. The van der Waals surface area contributed by atoms with Gasteiger partial charge in [0.25, 0.3) is 0 Å². The number of piperazine rings is 1. The Kier molecular flexibility index (Phi) is 18.4. The molecule has 3 aliphatic rings. The van der Waals surface area contributed by atoms with Crippen LogP contribution in [0, 0.1) is 11.3 Å². The van der Waals surface area contributed by atoms with Crippen LogP contribution in [0.5, 0.6) is 0 Å². The van der Waals surface area contributed by atoms with E-state index in [1.807, 2.05) is 55.1 Å². The molecule has 2 aromatic carbocycles. The average Bonchev–Trinajstić information content (AvgIpc) is 3.24. The van der Waals surface area contributed by atoms with Gasteiger partial charge >= 0.3 is 12.2 Å². The Hall–Kier alpha value is -5.22. The second kappa shape index (κ2) is 23.6. The predicted molar refractivity (Wildman–Crippen MR) is 244 cm³/mol. The van der Waals surface area contributed by atoms with Crippen molar-refractivity contribution in [1.29, 1.82) is 0 Å². The Morgan fingerprint density at radius 2 is 1.25 bits per heavy atom. The molecule has 16 heteroatoms. The molecule has 7 N–H and O–H groups in total. The molecule has 2 aromatic rings. The van der Waals surface area contributed by atoms with E-state index >= 15 is 0 Å². The highest BCUT2D eigenvalue weighted by atomic mass is 16.6. The first-order chi connectivity index (χ1) is 30.5. The summed E-state index contributed by atoms with van der Waals surface area (Å²) in [6.45, 7) is 15.0. The summed E-state index contributed by atoms with van der Waals surface area (Å²) in [6, 6.07) is 14.4. The summed E-state index contributed by atoms with van der Waals surface area (Å²) in [6.07, 6.45) is 3.98. The Morgan fingerprint density at radius 1 is 0.734 bits per heavy atom. The van der Waals surface area contributed by atoms with E-state index in [1.54, 1.807) is 45.0 Å². The predicted octanol–water partition coefficient (Wildman–Crippen LogP) is 3.98. The Balaban J connectivity index is 1.28. The first kappa shape index (κ1) is 49.8. The Bertz CT molecular complexity index is 1840. The van der Waals surface area contributed by atoms with Crippen LogP contribution in [0.1, 0.15) is 97.1 Å². The number of carboxylic acid groups (broad SMARTS) is 1. The summed E-state index contributed by atoms with van der Waals surface area (Å²) in [5.74, 6) is -2.03. The maximum Gasteiger partial charge on any atom is 0.407 e. The number of hydrogen-bond acceptors (Lipinski definition) is 9. The molecule has 352 valence electrons. The van der Waals surface area contributed by atoms with Crippen molar-refractivity contribution < 1.29 is 38.6 Å². The minimum atomic E-state index is -1.39. The molecule has 0 unspecified atom stereocenters. The van der Waals surface area contributed by atoms with Crippen LogP contribution in [0.15, 0.2) is 60.7 Å². The maximum absolute atomic E-state index is 14.4. The number of alkyl carbamates (subject to hydrolysis) is 1. The monoisotopic (exact) mass is 889 g/mol. The SMILES string of the molecule is CC(C)C[C@@H](NC(=O)[C@@H](Cc1ccccc1)NC(=O)[C@@H](Cc1ccccc1)NC(=O)O)C(=O)N[C@H](CCCCNC(=O)OC(C)(C)C)C(=O)N1CCC2(CC1)CC(N1CCNCC1)C2. The highest BCUT2D eigenvalue weighted by Gasteiger charge is 2.48. The van der Waals surface area contributed by atoms with Gasteiger partial charge in [0.1, 0.15) is 29.8 Å². The molecule has 4 atom stereocenters. The molecule has 0 radical (unpaired) electrons. The molecular formula is C48H72N8O8. The van der Waals surface area contributed by atoms with E-state index in [4.69, 9.17) is 4.74 Å². The number of nitrogens with one attached hydrogen (secondary N) is 6. The largest absolute Gasteiger partial charge is 0.465 e. The molecule has 2 aliphatic heterocycles. The molecule has 1 spiro atoms. The van der Waals surface area contributed by atoms with Crippen molar-refractivity contribution in [2.45, 2.75) is 135 Å². The van der Waals surface area contributed by atoms with E-state index in [0.717, 1.165) is 63.0 Å². The van der Waals surface area contributed by atoms with Crippen molar-refractivity contribution in [1.82, 2.24) is 41.7 Å². The lowest BCUT2D eigenvalue weighted by molar-refractivity contribution is -0.141. The fourth-order valence-electron chi connectivity index (χ4n) is 9.10. The lowest BCUT2D eigenvalue weighted by atomic mass is 9.60. The number of piperidine rings is 1. The zero-order valence-corrected chi connectivity index (χ0v) is 38.5.